The van der Waals surface area contributed by atoms with Gasteiger partial charge in [-0.25, -0.2) is 0 Å². The molecule has 60 heavy (non-hydrogen) atoms. The summed E-state index contributed by atoms with van der Waals surface area (Å²) < 4.78 is 7.48. The van der Waals surface area contributed by atoms with Crippen LogP contribution in [-0.4, -0.2) is 13.7 Å². The summed E-state index contributed by atoms with van der Waals surface area (Å²) in [5.74, 6) is 1.77. The topological polar surface area (TPSA) is 19.0 Å². The molecule has 0 atom stereocenters. The molecular formula is C54H33B2N3O. The summed E-state index contributed by atoms with van der Waals surface area (Å²) in [6.45, 7) is -0.362. The molecule has 0 amide bonds. The maximum absolute atomic E-state index is 7.48. The molecule has 0 unspecified atom stereocenters. The predicted molar refractivity (Wildman–Crippen MR) is 250 cm³/mol. The van der Waals surface area contributed by atoms with Gasteiger partial charge in [-0.05, 0) is 82.7 Å². The van der Waals surface area contributed by atoms with Gasteiger partial charge in [-0.3, -0.25) is 0 Å². The molecule has 0 saturated carbocycles. The number of fused-ring (bicyclic) bond motifs is 12. The highest BCUT2D eigenvalue weighted by Crippen LogP contribution is 2.56. The molecule has 5 aliphatic heterocycles. The fourth-order valence-electron chi connectivity index (χ4n) is 11.2. The van der Waals surface area contributed by atoms with Crippen molar-refractivity contribution in [2.45, 2.75) is 0 Å². The van der Waals surface area contributed by atoms with Crippen LogP contribution in [0.5, 0.6) is 11.5 Å². The Morgan fingerprint density at radius 3 is 1.17 bits per heavy atom. The maximum Gasteiger partial charge on any atom is 0.333 e. The summed E-state index contributed by atoms with van der Waals surface area (Å²) in [6.07, 6.45) is 0. The molecule has 9 aromatic rings. The summed E-state index contributed by atoms with van der Waals surface area (Å²) in [5, 5.41) is 0. The van der Waals surface area contributed by atoms with Crippen LogP contribution in [0.15, 0.2) is 200 Å². The summed E-state index contributed by atoms with van der Waals surface area (Å²) >= 11 is 0. The number of nitrogens with zero attached hydrogens (tertiary/aromatic N) is 3. The number of para-hydroxylation sites is 6. The second-order valence-electron chi connectivity index (χ2n) is 16.3. The first-order valence-electron chi connectivity index (χ1n) is 20.8. The molecule has 0 aliphatic carbocycles. The van der Waals surface area contributed by atoms with E-state index in [4.69, 9.17) is 4.74 Å². The Bertz CT molecular complexity index is 3080. The Labute approximate surface area is 349 Å². The van der Waals surface area contributed by atoms with E-state index in [0.29, 0.717) is 0 Å². The lowest BCUT2D eigenvalue weighted by Crippen LogP contribution is -2.65. The summed E-state index contributed by atoms with van der Waals surface area (Å²) in [7, 11) is 0. The Kier molecular flexibility index (Phi) is 6.42. The molecule has 276 valence electrons. The molecule has 0 aromatic heterocycles. The average Bonchev–Trinajstić information content (AvgIpc) is 3.31. The van der Waals surface area contributed by atoms with Crippen LogP contribution in [-0.2, 0) is 0 Å². The van der Waals surface area contributed by atoms with Crippen molar-refractivity contribution in [3.8, 4) is 56.0 Å². The van der Waals surface area contributed by atoms with Gasteiger partial charge in [0.15, 0.2) is 0 Å². The van der Waals surface area contributed by atoms with Crippen molar-refractivity contribution >= 4 is 75.4 Å². The van der Waals surface area contributed by atoms with Crippen molar-refractivity contribution in [2.75, 3.05) is 14.5 Å². The van der Waals surface area contributed by atoms with Crippen molar-refractivity contribution in [2.24, 2.45) is 0 Å². The highest BCUT2D eigenvalue weighted by atomic mass is 16.5. The fraction of sp³-hybridized carbons (Fsp3) is 0. The van der Waals surface area contributed by atoms with Crippen LogP contribution in [0.1, 0.15) is 0 Å². The minimum atomic E-state index is -0.181. The van der Waals surface area contributed by atoms with Crippen molar-refractivity contribution in [3.05, 3.63) is 200 Å². The van der Waals surface area contributed by atoms with E-state index in [2.05, 4.69) is 215 Å². The molecule has 4 nitrogen and oxygen atoms in total. The first kappa shape index (κ1) is 32.3. The lowest BCUT2D eigenvalue weighted by Gasteiger charge is -2.49. The molecule has 2 bridgehead atoms. The minimum Gasteiger partial charge on any atom is -0.458 e. The van der Waals surface area contributed by atoms with E-state index in [0.717, 1.165) is 22.9 Å². The van der Waals surface area contributed by atoms with Crippen molar-refractivity contribution in [3.63, 3.8) is 0 Å². The van der Waals surface area contributed by atoms with Gasteiger partial charge in [0.1, 0.15) is 11.5 Å². The van der Waals surface area contributed by atoms with Gasteiger partial charge in [-0.2, -0.15) is 0 Å². The molecule has 0 saturated heterocycles. The van der Waals surface area contributed by atoms with E-state index in [-0.39, 0.29) is 13.7 Å². The monoisotopic (exact) mass is 761 g/mol. The Morgan fingerprint density at radius 2 is 0.717 bits per heavy atom. The fourth-order valence-corrected chi connectivity index (χ4v) is 11.2. The van der Waals surface area contributed by atoms with Crippen molar-refractivity contribution in [1.82, 2.24) is 0 Å². The van der Waals surface area contributed by atoms with Gasteiger partial charge in [0.2, 0.25) is 0 Å². The molecule has 0 radical (unpaired) electrons. The van der Waals surface area contributed by atoms with E-state index >= 15 is 0 Å². The SMILES string of the molecule is c1ccc(N(c2ccccc2)c2c3c4cc5c2-c2ccccc2N2B5c5c(cccc5-c5ccccc52)Oc2cccc5c2B4N(c2ccccc2-5)c2ccccc2-3)cc1. The van der Waals surface area contributed by atoms with Crippen LogP contribution in [0.3, 0.4) is 0 Å². The van der Waals surface area contributed by atoms with E-state index in [1.54, 1.807) is 0 Å². The highest BCUT2D eigenvalue weighted by molar-refractivity contribution is 6.96. The number of hydrogen-bond donors (Lipinski definition) is 0. The number of ether oxygens (including phenoxy) is 1. The Morgan fingerprint density at radius 1 is 0.350 bits per heavy atom. The summed E-state index contributed by atoms with van der Waals surface area (Å²) in [5.41, 5.74) is 22.8. The first-order valence-corrected chi connectivity index (χ1v) is 20.8. The normalized spacial score (nSPS) is 13.7. The Hall–Kier alpha value is -7.69. The minimum absolute atomic E-state index is 0.181. The zero-order valence-corrected chi connectivity index (χ0v) is 32.5. The van der Waals surface area contributed by atoms with Gasteiger partial charge in [-0.1, -0.05) is 140 Å². The van der Waals surface area contributed by atoms with Crippen molar-refractivity contribution < 1.29 is 4.74 Å². The number of anilines is 7. The third-order valence-electron chi connectivity index (χ3n) is 13.4. The number of benzene rings is 9. The maximum atomic E-state index is 7.48. The first-order chi connectivity index (χ1) is 29.8. The van der Waals surface area contributed by atoms with E-state index < -0.39 is 0 Å². The second-order valence-corrected chi connectivity index (χ2v) is 16.3. The predicted octanol–water partition coefficient (Wildman–Crippen LogP) is 11.1. The van der Waals surface area contributed by atoms with Crippen LogP contribution in [0.25, 0.3) is 44.5 Å². The van der Waals surface area contributed by atoms with Gasteiger partial charge in [0.05, 0.1) is 5.69 Å². The highest BCUT2D eigenvalue weighted by Gasteiger charge is 2.51. The quantitative estimate of drug-likeness (QED) is 0.167. The number of hydrogen-bond acceptors (Lipinski definition) is 4. The standard InChI is InChI=1S/C54H33B2N3O/c1-3-17-34(18-4-1)57(35-19-5-2-6-20-35)54-50-40-23-9-13-29-46(40)58-44-27-11-7-21-36(44)38-25-15-31-48-52(38)55(58)42(50)33-43-51(54)41-24-10-14-30-47(41)59-45-28-12-8-22-37(45)39-26-16-32-49(60-48)53(39)56(43)59/h1-33H. The van der Waals surface area contributed by atoms with E-state index in [1.807, 2.05) is 0 Å². The van der Waals surface area contributed by atoms with Crippen LogP contribution in [0.4, 0.5) is 39.8 Å². The molecule has 6 heteroatoms. The van der Waals surface area contributed by atoms with Gasteiger partial charge >= 0.3 is 13.7 Å². The van der Waals surface area contributed by atoms with E-state index in [1.165, 1.54) is 94.8 Å². The van der Waals surface area contributed by atoms with Crippen molar-refractivity contribution in [1.29, 1.82) is 0 Å². The summed E-state index contributed by atoms with van der Waals surface area (Å²) in [6, 6.07) is 73.7. The lowest BCUT2D eigenvalue weighted by molar-refractivity contribution is 0.490. The molecular weight excluding hydrogens is 728 g/mol. The molecule has 5 heterocycles. The molecule has 0 fully saturated rings. The molecule has 5 aliphatic rings. The van der Waals surface area contributed by atoms with E-state index in [9.17, 15) is 0 Å². The van der Waals surface area contributed by atoms with Crippen LogP contribution in [0.2, 0.25) is 0 Å². The van der Waals surface area contributed by atoms with Gasteiger partial charge in [0, 0.05) is 78.4 Å². The van der Waals surface area contributed by atoms with Crippen LogP contribution in [0, 0.1) is 0 Å². The number of rotatable bonds is 3. The van der Waals surface area contributed by atoms with Crippen LogP contribution >= 0.6 is 0 Å². The molecule has 0 N–H and O–H groups in total. The third-order valence-corrected chi connectivity index (χ3v) is 13.4. The zero-order valence-electron chi connectivity index (χ0n) is 32.5. The average molecular weight is 762 g/mol. The lowest BCUT2D eigenvalue weighted by atomic mass is 9.38. The van der Waals surface area contributed by atoms with Crippen LogP contribution < -0.4 is 41.1 Å². The van der Waals surface area contributed by atoms with Gasteiger partial charge in [-0.15, -0.1) is 0 Å². The summed E-state index contributed by atoms with van der Waals surface area (Å²) in [4.78, 5) is 7.72. The molecule has 0 spiro atoms. The second kappa shape index (κ2) is 11.9. The molecule has 9 aromatic carbocycles. The molecule has 14 rings (SSSR count). The zero-order chi connectivity index (χ0) is 39.1. The van der Waals surface area contributed by atoms with Gasteiger partial charge < -0.3 is 19.3 Å². The largest absolute Gasteiger partial charge is 0.458 e. The van der Waals surface area contributed by atoms with Gasteiger partial charge in [0.25, 0.3) is 0 Å². The third kappa shape index (κ3) is 4.12. The Balaban J connectivity index is 1.24. The smallest absolute Gasteiger partial charge is 0.333 e.